The molecule has 0 radical (unpaired) electrons. The van der Waals surface area contributed by atoms with Gasteiger partial charge in [-0.3, -0.25) is 14.8 Å². The maximum Gasteiger partial charge on any atom is 0.175 e. The number of halogens is 2. The molecule has 1 unspecified atom stereocenters. The lowest BCUT2D eigenvalue weighted by Crippen LogP contribution is -2.28. The summed E-state index contributed by atoms with van der Waals surface area (Å²) in [5, 5.41) is 3.99. The number of nitrogens with zero attached hydrogens (tertiary/aromatic N) is 2. The summed E-state index contributed by atoms with van der Waals surface area (Å²) < 4.78 is 5.22. The Morgan fingerprint density at radius 2 is 2.04 bits per heavy atom. The number of benzene rings is 1. The number of rotatable bonds is 4. The Morgan fingerprint density at radius 3 is 2.70 bits per heavy atom. The summed E-state index contributed by atoms with van der Waals surface area (Å²) in [5.74, 6) is 0.696. The minimum Gasteiger partial charge on any atom is -0.497 e. The van der Waals surface area contributed by atoms with Crippen LogP contribution in [0.2, 0.25) is 10.0 Å². The summed E-state index contributed by atoms with van der Waals surface area (Å²) >= 11 is 12.4. The third-order valence-corrected chi connectivity index (χ3v) is 4.21. The summed E-state index contributed by atoms with van der Waals surface area (Å²) in [6.07, 6.45) is 3.58. The van der Waals surface area contributed by atoms with Crippen molar-refractivity contribution >= 4 is 40.9 Å². The molecular formula is C16H13Cl2N3O2. The van der Waals surface area contributed by atoms with Crippen LogP contribution in [0.5, 0.6) is 5.75 Å². The van der Waals surface area contributed by atoms with Gasteiger partial charge in [0.1, 0.15) is 5.75 Å². The number of aliphatic imine (C=N–C) groups is 1. The molecule has 1 aliphatic rings. The molecule has 1 atom stereocenters. The fourth-order valence-electron chi connectivity index (χ4n) is 2.43. The predicted molar refractivity (Wildman–Crippen MR) is 91.0 cm³/mol. The number of carbonyl (C=O) groups excluding carboxylic acids is 1. The van der Waals surface area contributed by atoms with Gasteiger partial charge in [0.2, 0.25) is 0 Å². The topological polar surface area (TPSA) is 63.6 Å². The number of aromatic nitrogens is 1. The molecule has 0 fully saturated rings. The third kappa shape index (κ3) is 3.16. The molecule has 118 valence electrons. The first kappa shape index (κ1) is 15.8. The Hall–Kier alpha value is -2.11. The fraction of sp³-hybridized carbons (Fsp3) is 0.188. The van der Waals surface area contributed by atoms with Gasteiger partial charge in [-0.25, -0.2) is 0 Å². The Bertz CT molecular complexity index is 773. The monoisotopic (exact) mass is 349 g/mol. The van der Waals surface area contributed by atoms with Crippen LogP contribution in [0.1, 0.15) is 11.1 Å². The smallest absolute Gasteiger partial charge is 0.175 e. The molecule has 1 N–H and O–H groups in total. The highest BCUT2D eigenvalue weighted by Gasteiger charge is 2.22. The normalized spacial score (nSPS) is 16.1. The average Bonchev–Trinajstić information content (AvgIpc) is 2.57. The summed E-state index contributed by atoms with van der Waals surface area (Å²) in [7, 11) is 1.59. The number of aldehydes is 1. The SMILES string of the molecule is COc1ccc2c(c1)NC(C=O)N=C2Cc1c(Cl)cncc1Cl. The van der Waals surface area contributed by atoms with E-state index in [1.807, 2.05) is 18.2 Å². The highest BCUT2D eigenvalue weighted by Crippen LogP contribution is 2.31. The Balaban J connectivity index is 2.04. The van der Waals surface area contributed by atoms with E-state index in [0.717, 1.165) is 28.8 Å². The van der Waals surface area contributed by atoms with E-state index in [1.165, 1.54) is 12.4 Å². The average molecular weight is 350 g/mol. The number of nitrogens with one attached hydrogen (secondary N) is 1. The molecule has 1 aromatic heterocycles. The van der Waals surface area contributed by atoms with E-state index >= 15 is 0 Å². The molecular weight excluding hydrogens is 337 g/mol. The predicted octanol–water partition coefficient (Wildman–Crippen LogP) is 3.38. The number of methoxy groups -OCH3 is 1. The van der Waals surface area contributed by atoms with Gasteiger partial charge in [-0.1, -0.05) is 23.2 Å². The van der Waals surface area contributed by atoms with Gasteiger partial charge in [-0.05, 0) is 17.7 Å². The molecule has 5 nitrogen and oxygen atoms in total. The largest absolute Gasteiger partial charge is 0.497 e. The number of carbonyl (C=O) groups is 1. The van der Waals surface area contributed by atoms with Crippen LogP contribution >= 0.6 is 23.2 Å². The molecule has 2 heterocycles. The zero-order chi connectivity index (χ0) is 16.4. The first-order valence-electron chi connectivity index (χ1n) is 6.87. The van der Waals surface area contributed by atoms with Crippen LogP contribution in [-0.2, 0) is 11.2 Å². The zero-order valence-corrected chi connectivity index (χ0v) is 13.7. The van der Waals surface area contributed by atoms with Crippen LogP contribution in [0.3, 0.4) is 0 Å². The van der Waals surface area contributed by atoms with Crippen LogP contribution in [0.4, 0.5) is 5.69 Å². The minimum absolute atomic E-state index is 0.408. The van der Waals surface area contributed by atoms with Crippen molar-refractivity contribution in [1.82, 2.24) is 4.98 Å². The van der Waals surface area contributed by atoms with Crippen LogP contribution in [-0.4, -0.2) is 30.3 Å². The van der Waals surface area contributed by atoms with Crippen molar-refractivity contribution in [2.45, 2.75) is 12.6 Å². The molecule has 23 heavy (non-hydrogen) atoms. The van der Waals surface area contributed by atoms with Crippen molar-refractivity contribution < 1.29 is 9.53 Å². The second-order valence-corrected chi connectivity index (χ2v) is 5.79. The van der Waals surface area contributed by atoms with E-state index in [1.54, 1.807) is 7.11 Å². The van der Waals surface area contributed by atoms with Gasteiger partial charge in [-0.2, -0.15) is 0 Å². The van der Waals surface area contributed by atoms with Crippen molar-refractivity contribution in [3.05, 3.63) is 51.8 Å². The zero-order valence-electron chi connectivity index (χ0n) is 12.2. The second kappa shape index (κ2) is 6.56. The molecule has 3 rings (SSSR count). The van der Waals surface area contributed by atoms with Crippen molar-refractivity contribution in [2.75, 3.05) is 12.4 Å². The summed E-state index contributed by atoms with van der Waals surface area (Å²) in [6, 6.07) is 5.56. The quantitative estimate of drug-likeness (QED) is 0.859. The molecule has 0 spiro atoms. The van der Waals surface area contributed by atoms with Crippen LogP contribution < -0.4 is 10.1 Å². The van der Waals surface area contributed by atoms with Crippen molar-refractivity contribution in [2.24, 2.45) is 4.99 Å². The summed E-state index contributed by atoms with van der Waals surface area (Å²) in [6.45, 7) is 0. The number of hydrogen-bond acceptors (Lipinski definition) is 5. The number of anilines is 1. The highest BCUT2D eigenvalue weighted by molar-refractivity contribution is 6.36. The number of hydrogen-bond donors (Lipinski definition) is 1. The van der Waals surface area contributed by atoms with E-state index < -0.39 is 6.17 Å². The lowest BCUT2D eigenvalue weighted by molar-refractivity contribution is -0.108. The van der Waals surface area contributed by atoms with Gasteiger partial charge in [0.15, 0.2) is 12.5 Å². The summed E-state index contributed by atoms with van der Waals surface area (Å²) in [5.41, 5.74) is 3.13. The molecule has 0 saturated carbocycles. The molecule has 0 saturated heterocycles. The second-order valence-electron chi connectivity index (χ2n) is 4.97. The number of fused-ring (bicyclic) bond motifs is 1. The van der Waals surface area contributed by atoms with Gasteiger partial charge in [0.25, 0.3) is 0 Å². The maximum absolute atomic E-state index is 11.2. The Morgan fingerprint density at radius 1 is 1.30 bits per heavy atom. The molecule has 7 heteroatoms. The van der Waals surface area contributed by atoms with Gasteiger partial charge in [0.05, 0.1) is 22.9 Å². The summed E-state index contributed by atoms with van der Waals surface area (Å²) in [4.78, 5) is 19.6. The van der Waals surface area contributed by atoms with Crippen LogP contribution in [0, 0.1) is 0 Å². The van der Waals surface area contributed by atoms with Crippen molar-refractivity contribution in [3.8, 4) is 5.75 Å². The van der Waals surface area contributed by atoms with Gasteiger partial charge in [-0.15, -0.1) is 0 Å². The first-order chi connectivity index (χ1) is 11.1. The molecule has 1 aliphatic heterocycles. The number of ether oxygens (including phenoxy) is 1. The van der Waals surface area contributed by atoms with E-state index in [2.05, 4.69) is 15.3 Å². The molecule has 0 amide bonds. The van der Waals surface area contributed by atoms with E-state index in [-0.39, 0.29) is 0 Å². The van der Waals surface area contributed by atoms with Gasteiger partial charge in [0, 0.05) is 36.1 Å². The molecule has 2 aromatic rings. The Kier molecular flexibility index (Phi) is 4.50. The molecule has 0 aliphatic carbocycles. The Labute approximate surface area is 143 Å². The third-order valence-electron chi connectivity index (χ3n) is 3.56. The fourth-order valence-corrected chi connectivity index (χ4v) is 2.93. The van der Waals surface area contributed by atoms with E-state index in [4.69, 9.17) is 27.9 Å². The van der Waals surface area contributed by atoms with Crippen LogP contribution in [0.25, 0.3) is 0 Å². The van der Waals surface area contributed by atoms with Crippen molar-refractivity contribution in [3.63, 3.8) is 0 Å². The number of pyridine rings is 1. The standard InChI is InChI=1S/C16H13Cl2N3O2/c1-23-9-2-3-10-14(4-9)20-16(8-22)21-15(10)5-11-12(17)6-19-7-13(11)18/h2-4,6-8,16,20H,5H2,1H3. The lowest BCUT2D eigenvalue weighted by Gasteiger charge is -2.23. The molecule has 1 aromatic carbocycles. The van der Waals surface area contributed by atoms with Gasteiger partial charge < -0.3 is 10.1 Å². The van der Waals surface area contributed by atoms with Crippen molar-refractivity contribution in [1.29, 1.82) is 0 Å². The first-order valence-corrected chi connectivity index (χ1v) is 7.62. The van der Waals surface area contributed by atoms with Crippen LogP contribution in [0.15, 0.2) is 35.6 Å². The van der Waals surface area contributed by atoms with E-state index in [0.29, 0.717) is 22.2 Å². The van der Waals surface area contributed by atoms with Gasteiger partial charge >= 0.3 is 0 Å². The lowest BCUT2D eigenvalue weighted by atomic mass is 9.99. The maximum atomic E-state index is 11.2. The highest BCUT2D eigenvalue weighted by atomic mass is 35.5. The molecule has 0 bridgehead atoms. The van der Waals surface area contributed by atoms with E-state index in [9.17, 15) is 4.79 Å². The minimum atomic E-state index is -0.649.